The molecule has 0 bridgehead atoms. The summed E-state index contributed by atoms with van der Waals surface area (Å²) in [6.07, 6.45) is 0. The SMILES string of the molecule is CCN(CC)C(=O)CNc1cccc(Cl)c1[N+](=O)[O-]. The third-order valence-corrected chi connectivity index (χ3v) is 3.02. The minimum atomic E-state index is -0.563. The second kappa shape index (κ2) is 6.94. The number of benzene rings is 1. The molecule has 0 aromatic heterocycles. The molecule has 0 atom stereocenters. The molecular formula is C12H16ClN3O3. The molecule has 0 aliphatic carbocycles. The Bertz CT molecular complexity index is 475. The zero-order chi connectivity index (χ0) is 14.4. The maximum Gasteiger partial charge on any atom is 0.310 e. The fourth-order valence-corrected chi connectivity index (χ4v) is 1.95. The molecule has 1 rings (SSSR count). The number of amides is 1. The number of hydrogen-bond donors (Lipinski definition) is 1. The second-order valence-corrected chi connectivity index (χ2v) is 4.22. The van der Waals surface area contributed by atoms with Crippen LogP contribution in [0.2, 0.25) is 5.02 Å². The molecule has 0 aliphatic rings. The molecule has 1 N–H and O–H groups in total. The Labute approximate surface area is 116 Å². The van der Waals surface area contributed by atoms with Crippen LogP contribution in [0.5, 0.6) is 0 Å². The van der Waals surface area contributed by atoms with Crippen molar-refractivity contribution in [1.29, 1.82) is 0 Å². The predicted molar refractivity (Wildman–Crippen MR) is 74.5 cm³/mol. The number of carbonyl (C=O) groups is 1. The van der Waals surface area contributed by atoms with Gasteiger partial charge in [0.1, 0.15) is 10.7 Å². The Balaban J connectivity index is 2.81. The number of carbonyl (C=O) groups excluding carboxylic acids is 1. The van der Waals surface area contributed by atoms with Gasteiger partial charge in [0.25, 0.3) is 0 Å². The number of nitrogens with zero attached hydrogens (tertiary/aromatic N) is 2. The molecule has 1 aromatic carbocycles. The zero-order valence-electron chi connectivity index (χ0n) is 10.9. The smallest absolute Gasteiger partial charge is 0.310 e. The van der Waals surface area contributed by atoms with Crippen LogP contribution in [0, 0.1) is 10.1 Å². The summed E-state index contributed by atoms with van der Waals surface area (Å²) in [5, 5.41) is 13.7. The van der Waals surface area contributed by atoms with Crippen LogP contribution >= 0.6 is 11.6 Å². The number of nitro benzene ring substituents is 1. The molecule has 0 radical (unpaired) electrons. The second-order valence-electron chi connectivity index (χ2n) is 3.81. The maximum atomic E-state index is 11.8. The van der Waals surface area contributed by atoms with Gasteiger partial charge in [-0.25, -0.2) is 0 Å². The highest BCUT2D eigenvalue weighted by Crippen LogP contribution is 2.31. The number of para-hydroxylation sites is 1. The number of nitrogens with one attached hydrogen (secondary N) is 1. The predicted octanol–water partition coefficient (Wildman–Crippen LogP) is 2.53. The van der Waals surface area contributed by atoms with E-state index < -0.39 is 4.92 Å². The number of rotatable bonds is 6. The van der Waals surface area contributed by atoms with E-state index in [9.17, 15) is 14.9 Å². The zero-order valence-corrected chi connectivity index (χ0v) is 11.6. The number of nitro groups is 1. The number of likely N-dealkylation sites (N-methyl/N-ethyl adjacent to an activating group) is 1. The number of halogens is 1. The van der Waals surface area contributed by atoms with Crippen molar-refractivity contribution in [2.75, 3.05) is 25.0 Å². The molecule has 0 unspecified atom stereocenters. The van der Waals surface area contributed by atoms with E-state index >= 15 is 0 Å². The normalized spacial score (nSPS) is 10.1. The van der Waals surface area contributed by atoms with E-state index in [1.54, 1.807) is 11.0 Å². The molecular weight excluding hydrogens is 270 g/mol. The first-order chi connectivity index (χ1) is 9.01. The van der Waals surface area contributed by atoms with E-state index in [0.29, 0.717) is 13.1 Å². The van der Waals surface area contributed by atoms with Crippen LogP contribution in [0.25, 0.3) is 0 Å². The molecule has 0 fully saturated rings. The van der Waals surface area contributed by atoms with Crippen molar-refractivity contribution >= 4 is 28.9 Å². The van der Waals surface area contributed by atoms with E-state index in [4.69, 9.17) is 11.6 Å². The quantitative estimate of drug-likeness (QED) is 0.644. The monoisotopic (exact) mass is 285 g/mol. The van der Waals surface area contributed by atoms with E-state index in [1.165, 1.54) is 12.1 Å². The summed E-state index contributed by atoms with van der Waals surface area (Å²) in [4.78, 5) is 23.8. The van der Waals surface area contributed by atoms with Crippen LogP contribution in [0.15, 0.2) is 18.2 Å². The van der Waals surface area contributed by atoms with E-state index in [-0.39, 0.29) is 28.8 Å². The third kappa shape index (κ3) is 3.82. The Morgan fingerprint density at radius 1 is 1.42 bits per heavy atom. The van der Waals surface area contributed by atoms with E-state index in [2.05, 4.69) is 5.32 Å². The van der Waals surface area contributed by atoms with Gasteiger partial charge in [-0.1, -0.05) is 17.7 Å². The lowest BCUT2D eigenvalue weighted by atomic mass is 10.2. The van der Waals surface area contributed by atoms with Crippen molar-refractivity contribution in [3.63, 3.8) is 0 Å². The summed E-state index contributed by atoms with van der Waals surface area (Å²) in [6.45, 7) is 4.97. The van der Waals surface area contributed by atoms with Crippen LogP contribution in [0.3, 0.4) is 0 Å². The summed E-state index contributed by atoms with van der Waals surface area (Å²) in [5.41, 5.74) is 0.0366. The van der Waals surface area contributed by atoms with E-state index in [1.807, 2.05) is 13.8 Å². The van der Waals surface area contributed by atoms with Gasteiger partial charge < -0.3 is 10.2 Å². The maximum absolute atomic E-state index is 11.8. The highest BCUT2D eigenvalue weighted by Gasteiger charge is 2.19. The van der Waals surface area contributed by atoms with Crippen molar-refractivity contribution in [2.45, 2.75) is 13.8 Å². The van der Waals surface area contributed by atoms with Gasteiger partial charge in [-0.15, -0.1) is 0 Å². The molecule has 7 heteroatoms. The largest absolute Gasteiger partial charge is 0.371 e. The van der Waals surface area contributed by atoms with Crippen molar-refractivity contribution < 1.29 is 9.72 Å². The van der Waals surface area contributed by atoms with E-state index in [0.717, 1.165) is 0 Å². The average molecular weight is 286 g/mol. The fourth-order valence-electron chi connectivity index (χ4n) is 1.70. The van der Waals surface area contributed by atoms with Crippen molar-refractivity contribution in [3.05, 3.63) is 33.3 Å². The Morgan fingerprint density at radius 2 is 2.05 bits per heavy atom. The van der Waals surface area contributed by atoms with Crippen LogP contribution in [0.1, 0.15) is 13.8 Å². The highest BCUT2D eigenvalue weighted by molar-refractivity contribution is 6.33. The van der Waals surface area contributed by atoms with Crippen LogP contribution < -0.4 is 5.32 Å². The van der Waals surface area contributed by atoms with Gasteiger partial charge in [-0.05, 0) is 26.0 Å². The molecule has 0 saturated heterocycles. The van der Waals surface area contributed by atoms with Gasteiger partial charge in [0.05, 0.1) is 11.5 Å². The lowest BCUT2D eigenvalue weighted by Gasteiger charge is -2.19. The summed E-state index contributed by atoms with van der Waals surface area (Å²) >= 11 is 5.78. The Morgan fingerprint density at radius 3 is 2.58 bits per heavy atom. The van der Waals surface area contributed by atoms with Gasteiger partial charge in [-0.3, -0.25) is 14.9 Å². The number of hydrogen-bond acceptors (Lipinski definition) is 4. The summed E-state index contributed by atoms with van der Waals surface area (Å²) in [6, 6.07) is 4.57. The molecule has 0 aliphatic heterocycles. The van der Waals surface area contributed by atoms with Crippen molar-refractivity contribution in [1.82, 2.24) is 4.90 Å². The molecule has 104 valence electrons. The van der Waals surface area contributed by atoms with Gasteiger partial charge in [-0.2, -0.15) is 0 Å². The lowest BCUT2D eigenvalue weighted by Crippen LogP contribution is -2.35. The third-order valence-electron chi connectivity index (χ3n) is 2.72. The van der Waals surface area contributed by atoms with Crippen molar-refractivity contribution in [2.24, 2.45) is 0 Å². The molecule has 0 heterocycles. The number of anilines is 1. The molecule has 1 aromatic rings. The highest BCUT2D eigenvalue weighted by atomic mass is 35.5. The first-order valence-corrected chi connectivity index (χ1v) is 6.33. The van der Waals surface area contributed by atoms with Crippen molar-refractivity contribution in [3.8, 4) is 0 Å². The minimum absolute atomic E-state index is 0.00284. The fraction of sp³-hybridized carbons (Fsp3) is 0.417. The first-order valence-electron chi connectivity index (χ1n) is 5.95. The molecule has 19 heavy (non-hydrogen) atoms. The molecule has 0 saturated carbocycles. The molecule has 1 amide bonds. The van der Waals surface area contributed by atoms with Gasteiger partial charge in [0, 0.05) is 13.1 Å². The van der Waals surface area contributed by atoms with Gasteiger partial charge >= 0.3 is 5.69 Å². The standard InChI is InChI=1S/C12H16ClN3O3/c1-3-15(4-2)11(17)8-14-10-7-5-6-9(13)12(10)16(18)19/h5-7,14H,3-4,8H2,1-2H3. The Hall–Kier alpha value is -1.82. The molecule has 6 nitrogen and oxygen atoms in total. The topological polar surface area (TPSA) is 75.5 Å². The average Bonchev–Trinajstić information content (AvgIpc) is 2.37. The molecule has 0 spiro atoms. The summed E-state index contributed by atoms with van der Waals surface area (Å²) < 4.78 is 0. The Kier molecular flexibility index (Phi) is 5.57. The summed E-state index contributed by atoms with van der Waals surface area (Å²) in [7, 11) is 0. The van der Waals surface area contributed by atoms with Gasteiger partial charge in [0.2, 0.25) is 5.91 Å². The summed E-state index contributed by atoms with van der Waals surface area (Å²) in [5.74, 6) is -0.112. The van der Waals surface area contributed by atoms with Crippen LogP contribution in [-0.4, -0.2) is 35.4 Å². The van der Waals surface area contributed by atoms with Crippen LogP contribution in [-0.2, 0) is 4.79 Å². The minimum Gasteiger partial charge on any atom is -0.371 e. The lowest BCUT2D eigenvalue weighted by molar-refractivity contribution is -0.383. The van der Waals surface area contributed by atoms with Gasteiger partial charge in [0.15, 0.2) is 0 Å². The van der Waals surface area contributed by atoms with Crippen LogP contribution in [0.4, 0.5) is 11.4 Å². The first kappa shape index (κ1) is 15.2.